The Labute approximate surface area is 176 Å². The molecule has 0 bridgehead atoms. The Kier molecular flexibility index (Phi) is 5.84. The predicted octanol–water partition coefficient (Wildman–Crippen LogP) is 3.76. The lowest BCUT2D eigenvalue weighted by Crippen LogP contribution is -2.40. The molecular weight excluding hydrogens is 376 g/mol. The van der Waals surface area contributed by atoms with Crippen molar-refractivity contribution in [2.24, 2.45) is 5.92 Å². The van der Waals surface area contributed by atoms with Gasteiger partial charge >= 0.3 is 0 Å². The summed E-state index contributed by atoms with van der Waals surface area (Å²) in [4.78, 5) is 31.7. The third-order valence-corrected chi connectivity index (χ3v) is 5.95. The number of aromatic nitrogens is 2. The van der Waals surface area contributed by atoms with Crippen LogP contribution in [0.2, 0.25) is 0 Å². The van der Waals surface area contributed by atoms with Crippen LogP contribution in [0.1, 0.15) is 53.8 Å². The summed E-state index contributed by atoms with van der Waals surface area (Å²) in [5, 5.41) is 3.09. The number of nitrogens with one attached hydrogen (secondary N) is 1. The van der Waals surface area contributed by atoms with E-state index in [1.165, 1.54) is 0 Å². The fourth-order valence-electron chi connectivity index (χ4n) is 4.15. The zero-order valence-corrected chi connectivity index (χ0v) is 17.5. The molecule has 0 spiro atoms. The molecule has 2 aromatic heterocycles. The van der Waals surface area contributed by atoms with Crippen LogP contribution in [0.5, 0.6) is 0 Å². The molecular formula is C24H28N4O2. The van der Waals surface area contributed by atoms with E-state index in [0.29, 0.717) is 31.1 Å². The van der Waals surface area contributed by atoms with Gasteiger partial charge in [0.2, 0.25) is 5.91 Å². The second-order valence-electron chi connectivity index (χ2n) is 8.19. The van der Waals surface area contributed by atoms with Crippen molar-refractivity contribution in [2.75, 3.05) is 13.1 Å². The van der Waals surface area contributed by atoms with E-state index in [0.717, 1.165) is 29.6 Å². The fourth-order valence-corrected chi connectivity index (χ4v) is 4.15. The number of piperidine rings is 1. The van der Waals surface area contributed by atoms with Gasteiger partial charge < -0.3 is 14.6 Å². The number of pyridine rings is 1. The Bertz CT molecular complexity index is 1040. The third kappa shape index (κ3) is 4.37. The van der Waals surface area contributed by atoms with E-state index in [1.807, 2.05) is 71.8 Å². The predicted molar refractivity (Wildman–Crippen MR) is 116 cm³/mol. The first-order valence-electron chi connectivity index (χ1n) is 10.6. The largest absolute Gasteiger partial charge is 0.350 e. The average Bonchev–Trinajstić information content (AvgIpc) is 3.20. The Morgan fingerprint density at radius 3 is 2.57 bits per heavy atom. The third-order valence-electron chi connectivity index (χ3n) is 5.95. The van der Waals surface area contributed by atoms with Crippen molar-refractivity contribution in [1.82, 2.24) is 19.6 Å². The number of imidazole rings is 1. The molecule has 3 aromatic rings. The van der Waals surface area contributed by atoms with Crippen LogP contribution in [0.15, 0.2) is 54.9 Å². The SMILES string of the molecule is Cc1cccn2cc(C(=O)N3CCC(CC(=O)NC(C)c4ccccc4)CC3)nc12. The molecule has 1 N–H and O–H groups in total. The van der Waals surface area contributed by atoms with Crippen LogP contribution in [0.3, 0.4) is 0 Å². The number of hydrogen-bond donors (Lipinski definition) is 1. The fraction of sp³-hybridized carbons (Fsp3) is 0.375. The number of nitrogens with zero attached hydrogens (tertiary/aromatic N) is 3. The van der Waals surface area contributed by atoms with Gasteiger partial charge in [-0.15, -0.1) is 0 Å². The van der Waals surface area contributed by atoms with Gasteiger partial charge in [-0.05, 0) is 49.8 Å². The molecule has 1 unspecified atom stereocenters. The quantitative estimate of drug-likeness (QED) is 0.704. The first-order valence-corrected chi connectivity index (χ1v) is 10.6. The molecule has 1 aliphatic rings. The van der Waals surface area contributed by atoms with E-state index in [9.17, 15) is 9.59 Å². The zero-order chi connectivity index (χ0) is 21.1. The number of amides is 2. The number of likely N-dealkylation sites (tertiary alicyclic amines) is 1. The van der Waals surface area contributed by atoms with E-state index in [-0.39, 0.29) is 17.9 Å². The van der Waals surface area contributed by atoms with Gasteiger partial charge in [0.1, 0.15) is 11.3 Å². The van der Waals surface area contributed by atoms with E-state index < -0.39 is 0 Å². The molecule has 30 heavy (non-hydrogen) atoms. The summed E-state index contributed by atoms with van der Waals surface area (Å²) in [5.41, 5.74) is 3.46. The number of carbonyl (C=O) groups excluding carboxylic acids is 2. The van der Waals surface area contributed by atoms with Gasteiger partial charge in [0, 0.05) is 31.9 Å². The number of carbonyl (C=O) groups is 2. The second-order valence-corrected chi connectivity index (χ2v) is 8.19. The smallest absolute Gasteiger partial charge is 0.274 e. The molecule has 156 valence electrons. The summed E-state index contributed by atoms with van der Waals surface area (Å²) in [5.74, 6) is 0.353. The Hall–Kier alpha value is -3.15. The van der Waals surface area contributed by atoms with Crippen LogP contribution < -0.4 is 5.32 Å². The first kappa shape index (κ1) is 20.1. The summed E-state index contributed by atoms with van der Waals surface area (Å²) < 4.78 is 1.90. The molecule has 0 radical (unpaired) electrons. The highest BCUT2D eigenvalue weighted by Gasteiger charge is 2.26. The molecule has 2 amide bonds. The standard InChI is InChI=1S/C24H28N4O2/c1-17-7-6-12-28-16-21(26-23(17)28)24(30)27-13-10-19(11-14-27)15-22(29)25-18(2)20-8-4-3-5-9-20/h3-9,12,16,18-19H,10-11,13-15H2,1-2H3,(H,25,29). The highest BCUT2D eigenvalue weighted by Crippen LogP contribution is 2.23. The van der Waals surface area contributed by atoms with Crippen molar-refractivity contribution in [3.8, 4) is 0 Å². The van der Waals surface area contributed by atoms with Crippen LogP contribution in [-0.4, -0.2) is 39.2 Å². The van der Waals surface area contributed by atoms with Crippen molar-refractivity contribution in [3.63, 3.8) is 0 Å². The number of fused-ring (bicyclic) bond motifs is 1. The minimum Gasteiger partial charge on any atom is -0.350 e. The molecule has 6 heteroatoms. The van der Waals surface area contributed by atoms with Crippen LogP contribution in [-0.2, 0) is 4.79 Å². The minimum absolute atomic E-state index is 0.00105. The maximum Gasteiger partial charge on any atom is 0.274 e. The summed E-state index contributed by atoms with van der Waals surface area (Å²) in [6.45, 7) is 5.33. The molecule has 1 atom stereocenters. The van der Waals surface area contributed by atoms with Crippen LogP contribution in [0, 0.1) is 12.8 Å². The van der Waals surface area contributed by atoms with Crippen molar-refractivity contribution in [1.29, 1.82) is 0 Å². The molecule has 6 nitrogen and oxygen atoms in total. The van der Waals surface area contributed by atoms with Gasteiger partial charge in [0.05, 0.1) is 6.04 Å². The van der Waals surface area contributed by atoms with E-state index in [4.69, 9.17) is 0 Å². The molecule has 0 saturated carbocycles. The van der Waals surface area contributed by atoms with E-state index in [2.05, 4.69) is 10.3 Å². The summed E-state index contributed by atoms with van der Waals surface area (Å²) >= 11 is 0. The zero-order valence-electron chi connectivity index (χ0n) is 17.5. The van der Waals surface area contributed by atoms with Gasteiger partial charge in [-0.2, -0.15) is 0 Å². The van der Waals surface area contributed by atoms with Crippen molar-refractivity contribution >= 4 is 17.5 Å². The summed E-state index contributed by atoms with van der Waals surface area (Å²) in [6, 6.07) is 13.9. The highest BCUT2D eigenvalue weighted by atomic mass is 16.2. The number of hydrogen-bond acceptors (Lipinski definition) is 3. The van der Waals surface area contributed by atoms with Crippen molar-refractivity contribution < 1.29 is 9.59 Å². The first-order chi connectivity index (χ1) is 14.5. The van der Waals surface area contributed by atoms with Gasteiger partial charge in [0.25, 0.3) is 5.91 Å². The van der Waals surface area contributed by atoms with Gasteiger partial charge in [0.15, 0.2) is 0 Å². The average molecular weight is 405 g/mol. The van der Waals surface area contributed by atoms with E-state index in [1.54, 1.807) is 6.20 Å². The van der Waals surface area contributed by atoms with Crippen molar-refractivity contribution in [2.45, 2.75) is 39.2 Å². The second kappa shape index (κ2) is 8.69. The number of benzene rings is 1. The van der Waals surface area contributed by atoms with Crippen LogP contribution in [0.4, 0.5) is 0 Å². The Balaban J connectivity index is 1.29. The summed E-state index contributed by atoms with van der Waals surface area (Å²) in [7, 11) is 0. The molecule has 1 aromatic carbocycles. The molecule has 3 heterocycles. The normalized spacial score (nSPS) is 15.9. The lowest BCUT2D eigenvalue weighted by atomic mass is 9.93. The lowest BCUT2D eigenvalue weighted by Gasteiger charge is -2.31. The van der Waals surface area contributed by atoms with Crippen LogP contribution in [0.25, 0.3) is 5.65 Å². The molecule has 1 aliphatic heterocycles. The van der Waals surface area contributed by atoms with Gasteiger partial charge in [-0.1, -0.05) is 36.4 Å². The topological polar surface area (TPSA) is 66.7 Å². The van der Waals surface area contributed by atoms with Crippen LogP contribution >= 0.6 is 0 Å². The molecule has 0 aliphatic carbocycles. The highest BCUT2D eigenvalue weighted by molar-refractivity contribution is 5.93. The van der Waals surface area contributed by atoms with Gasteiger partial charge in [-0.3, -0.25) is 9.59 Å². The lowest BCUT2D eigenvalue weighted by molar-refractivity contribution is -0.122. The molecule has 1 saturated heterocycles. The number of rotatable bonds is 5. The maximum atomic E-state index is 12.9. The van der Waals surface area contributed by atoms with Crippen molar-refractivity contribution in [3.05, 3.63) is 71.7 Å². The molecule has 4 rings (SSSR count). The van der Waals surface area contributed by atoms with Gasteiger partial charge in [-0.25, -0.2) is 4.98 Å². The monoisotopic (exact) mass is 404 g/mol. The molecule has 1 fully saturated rings. The maximum absolute atomic E-state index is 12.9. The minimum atomic E-state index is -0.0290. The van der Waals surface area contributed by atoms with E-state index >= 15 is 0 Å². The number of aryl methyl sites for hydroxylation is 1. The Morgan fingerprint density at radius 2 is 1.87 bits per heavy atom. The summed E-state index contributed by atoms with van der Waals surface area (Å²) in [6.07, 6.45) is 5.89. The Morgan fingerprint density at radius 1 is 1.13 bits per heavy atom.